The van der Waals surface area contributed by atoms with E-state index in [1.54, 1.807) is 6.26 Å². The number of aliphatic imine (C=N–C) groups is 1. The second-order valence-electron chi connectivity index (χ2n) is 6.45. The van der Waals surface area contributed by atoms with Crippen LogP contribution in [0.5, 0.6) is 11.5 Å². The van der Waals surface area contributed by atoms with Crippen molar-refractivity contribution in [1.29, 1.82) is 0 Å². The average Bonchev–Trinajstić information content (AvgIpc) is 3.56. The molecule has 0 atom stereocenters. The molecule has 3 nitrogen and oxygen atoms in total. The summed E-state index contributed by atoms with van der Waals surface area (Å²) in [7, 11) is 0. The molecule has 3 heteroatoms. The fraction of sp³-hybridized carbons (Fsp3) is 0.125. The van der Waals surface area contributed by atoms with Crippen LogP contribution < -0.4 is 9.47 Å². The van der Waals surface area contributed by atoms with Crippen LogP contribution in [0.15, 0.2) is 108 Å². The number of ether oxygens (including phenoxy) is 2. The van der Waals surface area contributed by atoms with Crippen molar-refractivity contribution in [2.75, 3.05) is 0 Å². The van der Waals surface area contributed by atoms with Crippen molar-refractivity contribution < 1.29 is 9.47 Å². The summed E-state index contributed by atoms with van der Waals surface area (Å²) < 4.78 is 12.1. The number of benzene rings is 3. The van der Waals surface area contributed by atoms with Crippen molar-refractivity contribution in [2.45, 2.75) is 12.8 Å². The van der Waals surface area contributed by atoms with Crippen molar-refractivity contribution >= 4 is 11.6 Å². The van der Waals surface area contributed by atoms with Gasteiger partial charge in [0, 0.05) is 0 Å². The Labute approximate surface area is 159 Å². The van der Waals surface area contributed by atoms with Gasteiger partial charge in [-0.15, -0.1) is 0 Å². The average molecular weight is 355 g/mol. The molecule has 3 aromatic carbocycles. The Morgan fingerprint density at radius 1 is 0.741 bits per heavy atom. The molecule has 27 heavy (non-hydrogen) atoms. The molecule has 1 saturated carbocycles. The first-order chi connectivity index (χ1) is 13.4. The van der Waals surface area contributed by atoms with Crippen molar-refractivity contribution in [2.24, 2.45) is 10.9 Å². The molecule has 0 bridgehead atoms. The van der Waals surface area contributed by atoms with E-state index in [0.717, 1.165) is 35.6 Å². The molecule has 0 unspecified atom stereocenters. The highest BCUT2D eigenvalue weighted by molar-refractivity contribution is 5.97. The van der Waals surface area contributed by atoms with Gasteiger partial charge in [-0.3, -0.25) is 0 Å². The van der Waals surface area contributed by atoms with Gasteiger partial charge < -0.3 is 9.47 Å². The predicted molar refractivity (Wildman–Crippen MR) is 108 cm³/mol. The summed E-state index contributed by atoms with van der Waals surface area (Å²) in [5, 5.41) is 0. The monoisotopic (exact) mass is 355 g/mol. The van der Waals surface area contributed by atoms with E-state index >= 15 is 0 Å². The van der Waals surface area contributed by atoms with E-state index in [-0.39, 0.29) is 0 Å². The van der Waals surface area contributed by atoms with Crippen molar-refractivity contribution in [3.63, 3.8) is 0 Å². The summed E-state index contributed by atoms with van der Waals surface area (Å²) in [5.74, 6) is 2.57. The molecule has 1 aliphatic rings. The lowest BCUT2D eigenvalue weighted by molar-refractivity contribution is 0.469. The molecule has 0 saturated heterocycles. The van der Waals surface area contributed by atoms with E-state index in [9.17, 15) is 0 Å². The van der Waals surface area contributed by atoms with Crippen LogP contribution in [0.3, 0.4) is 0 Å². The van der Waals surface area contributed by atoms with Crippen LogP contribution in [0.25, 0.3) is 0 Å². The summed E-state index contributed by atoms with van der Waals surface area (Å²) in [6.07, 6.45) is 4.03. The minimum absolute atomic E-state index is 0.417. The number of nitrogens with zero attached hydrogens (tertiary/aromatic N) is 1. The van der Waals surface area contributed by atoms with E-state index in [0.29, 0.717) is 11.8 Å². The molecular weight excluding hydrogens is 334 g/mol. The van der Waals surface area contributed by atoms with Gasteiger partial charge in [-0.05, 0) is 55.2 Å². The SMILES string of the molecule is C(/Oc1ccccc1)=C(\C(=N\c1ccccc1)Oc1ccccc1)C1CC1. The molecule has 0 aliphatic heterocycles. The molecule has 0 amide bonds. The van der Waals surface area contributed by atoms with Crippen LogP contribution in [0.4, 0.5) is 5.69 Å². The van der Waals surface area contributed by atoms with Crippen LogP contribution in [0, 0.1) is 5.92 Å². The summed E-state index contributed by atoms with van der Waals surface area (Å²) in [5.41, 5.74) is 1.85. The molecular formula is C24H21NO2. The van der Waals surface area contributed by atoms with Crippen molar-refractivity contribution in [1.82, 2.24) is 0 Å². The Morgan fingerprint density at radius 3 is 1.89 bits per heavy atom. The molecule has 0 N–H and O–H groups in total. The lowest BCUT2D eigenvalue weighted by atomic mass is 10.2. The van der Waals surface area contributed by atoms with Gasteiger partial charge in [0.25, 0.3) is 0 Å². The zero-order valence-corrected chi connectivity index (χ0v) is 15.0. The zero-order valence-electron chi connectivity index (χ0n) is 15.0. The van der Waals surface area contributed by atoms with Gasteiger partial charge in [-0.1, -0.05) is 54.6 Å². The maximum absolute atomic E-state index is 6.17. The number of rotatable bonds is 6. The lowest BCUT2D eigenvalue weighted by Gasteiger charge is -2.13. The first kappa shape index (κ1) is 17.1. The third kappa shape index (κ3) is 4.85. The van der Waals surface area contributed by atoms with Gasteiger partial charge in [-0.25, -0.2) is 4.99 Å². The maximum Gasteiger partial charge on any atom is 0.226 e. The summed E-state index contributed by atoms with van der Waals surface area (Å²) >= 11 is 0. The molecule has 0 radical (unpaired) electrons. The Balaban J connectivity index is 1.67. The fourth-order valence-corrected chi connectivity index (χ4v) is 2.71. The van der Waals surface area contributed by atoms with E-state index in [1.807, 2.05) is 91.0 Å². The normalized spacial score (nSPS) is 14.7. The van der Waals surface area contributed by atoms with Gasteiger partial charge in [0.2, 0.25) is 5.90 Å². The Bertz CT molecular complexity index is 914. The smallest absolute Gasteiger partial charge is 0.226 e. The van der Waals surface area contributed by atoms with E-state index < -0.39 is 0 Å². The van der Waals surface area contributed by atoms with Crippen LogP contribution in [0.1, 0.15) is 12.8 Å². The van der Waals surface area contributed by atoms with Gasteiger partial charge in [0.1, 0.15) is 11.5 Å². The minimum Gasteiger partial charge on any atom is -0.465 e. The van der Waals surface area contributed by atoms with Gasteiger partial charge in [0.05, 0.1) is 17.5 Å². The summed E-state index contributed by atoms with van der Waals surface area (Å²) in [6.45, 7) is 0. The van der Waals surface area contributed by atoms with Gasteiger partial charge >= 0.3 is 0 Å². The quantitative estimate of drug-likeness (QED) is 0.301. The molecule has 1 aliphatic carbocycles. The Hall–Kier alpha value is -3.33. The predicted octanol–water partition coefficient (Wildman–Crippen LogP) is 6.17. The van der Waals surface area contributed by atoms with Crippen LogP contribution in [-0.4, -0.2) is 5.90 Å². The maximum atomic E-state index is 6.17. The topological polar surface area (TPSA) is 30.8 Å². The molecule has 4 rings (SSSR count). The molecule has 0 spiro atoms. The molecule has 1 fully saturated rings. The standard InChI is InChI=1S/C24H21NO2/c1-4-10-20(11-5-1)25-24(27-22-14-8-3-9-15-22)23(19-16-17-19)18-26-21-12-6-2-7-13-21/h1-15,18-19H,16-17H2/b23-18+,25-24-. The van der Waals surface area contributed by atoms with Crippen LogP contribution >= 0.6 is 0 Å². The first-order valence-corrected chi connectivity index (χ1v) is 9.17. The van der Waals surface area contributed by atoms with Gasteiger partial charge in [-0.2, -0.15) is 0 Å². The Kier molecular flexibility index (Phi) is 5.30. The highest BCUT2D eigenvalue weighted by atomic mass is 16.5. The van der Waals surface area contributed by atoms with Crippen LogP contribution in [0.2, 0.25) is 0 Å². The number of hydrogen-bond acceptors (Lipinski definition) is 3. The van der Waals surface area contributed by atoms with Crippen molar-refractivity contribution in [3.8, 4) is 11.5 Å². The zero-order chi connectivity index (χ0) is 18.3. The van der Waals surface area contributed by atoms with E-state index in [1.165, 1.54) is 0 Å². The van der Waals surface area contributed by atoms with Crippen LogP contribution in [-0.2, 0) is 0 Å². The number of hydrogen-bond donors (Lipinski definition) is 0. The molecule has 3 aromatic rings. The molecule has 0 heterocycles. The van der Waals surface area contributed by atoms with E-state index in [4.69, 9.17) is 14.5 Å². The largest absolute Gasteiger partial charge is 0.465 e. The van der Waals surface area contributed by atoms with Crippen molar-refractivity contribution in [3.05, 3.63) is 103 Å². The molecule has 0 aromatic heterocycles. The first-order valence-electron chi connectivity index (χ1n) is 9.17. The summed E-state index contributed by atoms with van der Waals surface area (Å²) in [4.78, 5) is 4.77. The highest BCUT2D eigenvalue weighted by Gasteiger charge is 2.31. The van der Waals surface area contributed by atoms with E-state index in [2.05, 4.69) is 0 Å². The fourth-order valence-electron chi connectivity index (χ4n) is 2.71. The second-order valence-corrected chi connectivity index (χ2v) is 6.45. The third-order valence-corrected chi connectivity index (χ3v) is 4.27. The Morgan fingerprint density at radius 2 is 1.30 bits per heavy atom. The minimum atomic E-state index is 0.417. The third-order valence-electron chi connectivity index (χ3n) is 4.27. The second kappa shape index (κ2) is 8.37. The highest BCUT2D eigenvalue weighted by Crippen LogP contribution is 2.38. The molecule has 134 valence electrons. The van der Waals surface area contributed by atoms with Gasteiger partial charge in [0.15, 0.2) is 0 Å². The lowest BCUT2D eigenvalue weighted by Crippen LogP contribution is -2.14. The summed E-state index contributed by atoms with van der Waals surface area (Å²) in [6, 6.07) is 29.4. The number of para-hydroxylation sites is 3.